The first kappa shape index (κ1) is 13.5. The van der Waals surface area contributed by atoms with Crippen LogP contribution in [0.3, 0.4) is 0 Å². The van der Waals surface area contributed by atoms with Crippen molar-refractivity contribution in [2.24, 2.45) is 11.6 Å². The van der Waals surface area contributed by atoms with Gasteiger partial charge in [0, 0.05) is 0 Å². The Labute approximate surface area is 99.9 Å². The number of thiocarbonyl (C=S) groups is 1. The van der Waals surface area contributed by atoms with E-state index in [1.54, 1.807) is 0 Å². The van der Waals surface area contributed by atoms with E-state index >= 15 is 0 Å². The summed E-state index contributed by atoms with van der Waals surface area (Å²) in [6, 6.07) is 0. The summed E-state index contributed by atoms with van der Waals surface area (Å²) >= 11 is 4.36. The van der Waals surface area contributed by atoms with Crippen molar-refractivity contribution in [1.82, 2.24) is 10.3 Å². The first-order valence-corrected chi connectivity index (χ1v) is 4.70. The number of hydrazine groups is 1. The second-order valence-corrected chi connectivity index (χ2v) is 3.60. The molecule has 94 valence electrons. The standard InChI is InChI=1S/C8H9F3N4OS/c9-8(10,11)7(3-1-2-4-14-7)5(16)15(13)6(12)17/h1-4,14H,13H2,(H2,12,17). The molecule has 1 unspecified atom stereocenters. The van der Waals surface area contributed by atoms with E-state index in [2.05, 4.69) is 12.2 Å². The molecule has 0 fully saturated rings. The van der Waals surface area contributed by atoms with E-state index in [1.165, 1.54) is 6.08 Å². The van der Waals surface area contributed by atoms with Gasteiger partial charge in [-0.3, -0.25) is 4.79 Å². The number of allylic oxidation sites excluding steroid dienone is 2. The maximum Gasteiger partial charge on any atom is 0.424 e. The van der Waals surface area contributed by atoms with E-state index in [1.807, 2.05) is 5.32 Å². The molecule has 0 bridgehead atoms. The number of carbonyl (C=O) groups is 1. The van der Waals surface area contributed by atoms with Crippen LogP contribution in [0.25, 0.3) is 0 Å². The molecule has 1 rings (SSSR count). The van der Waals surface area contributed by atoms with Crippen molar-refractivity contribution in [3.8, 4) is 0 Å². The highest BCUT2D eigenvalue weighted by Gasteiger charge is 2.60. The third kappa shape index (κ3) is 2.24. The summed E-state index contributed by atoms with van der Waals surface area (Å²) < 4.78 is 38.8. The molecule has 0 aromatic rings. The number of dihydropyridines is 1. The van der Waals surface area contributed by atoms with E-state index in [9.17, 15) is 18.0 Å². The van der Waals surface area contributed by atoms with Crippen molar-refractivity contribution in [2.45, 2.75) is 11.7 Å². The number of halogens is 3. The largest absolute Gasteiger partial charge is 0.424 e. The van der Waals surface area contributed by atoms with Crippen LogP contribution in [0.4, 0.5) is 13.2 Å². The molecule has 9 heteroatoms. The summed E-state index contributed by atoms with van der Waals surface area (Å²) in [5.41, 5.74) is 2.08. The molecule has 1 amide bonds. The average Bonchev–Trinajstić information content (AvgIpc) is 2.26. The number of amides is 1. The van der Waals surface area contributed by atoms with Crippen molar-refractivity contribution in [1.29, 1.82) is 0 Å². The van der Waals surface area contributed by atoms with Gasteiger partial charge < -0.3 is 11.1 Å². The monoisotopic (exact) mass is 266 g/mol. The molecule has 0 saturated heterocycles. The molecule has 1 heterocycles. The normalized spacial score (nSPS) is 23.1. The van der Waals surface area contributed by atoms with Gasteiger partial charge in [-0.15, -0.1) is 0 Å². The van der Waals surface area contributed by atoms with Crippen LogP contribution in [-0.4, -0.2) is 27.7 Å². The molecule has 5 nitrogen and oxygen atoms in total. The summed E-state index contributed by atoms with van der Waals surface area (Å²) in [7, 11) is 0. The Morgan fingerprint density at radius 2 is 2.00 bits per heavy atom. The van der Waals surface area contributed by atoms with Gasteiger partial charge >= 0.3 is 6.18 Å². The lowest BCUT2D eigenvalue weighted by Gasteiger charge is -2.35. The smallest absolute Gasteiger partial charge is 0.375 e. The van der Waals surface area contributed by atoms with Gasteiger partial charge in [0.25, 0.3) is 5.91 Å². The molecule has 0 spiro atoms. The molecule has 0 aromatic carbocycles. The Hall–Kier alpha value is -1.61. The van der Waals surface area contributed by atoms with Crippen molar-refractivity contribution in [3.05, 3.63) is 24.4 Å². The van der Waals surface area contributed by atoms with Crippen LogP contribution in [0.5, 0.6) is 0 Å². The molecule has 5 N–H and O–H groups in total. The van der Waals surface area contributed by atoms with E-state index < -0.39 is 22.7 Å². The van der Waals surface area contributed by atoms with Crippen molar-refractivity contribution >= 4 is 23.2 Å². The number of nitrogens with two attached hydrogens (primary N) is 2. The SMILES string of the molecule is NC(=S)N(N)C(=O)C1(C(F)(F)F)C=CC=CN1. The molecule has 0 aromatic heterocycles. The zero-order valence-electron chi connectivity index (χ0n) is 8.36. The minimum absolute atomic E-state index is 0.0827. The third-order valence-corrected chi connectivity index (χ3v) is 2.30. The lowest BCUT2D eigenvalue weighted by atomic mass is 9.95. The molecule has 1 atom stereocenters. The van der Waals surface area contributed by atoms with Crippen molar-refractivity contribution < 1.29 is 18.0 Å². The Bertz CT molecular complexity index is 406. The number of nitrogens with zero attached hydrogens (tertiary/aromatic N) is 1. The number of carbonyl (C=O) groups excluding carboxylic acids is 1. The van der Waals surface area contributed by atoms with Gasteiger partial charge in [-0.1, -0.05) is 6.08 Å². The quantitative estimate of drug-likeness (QED) is 0.267. The lowest BCUT2D eigenvalue weighted by molar-refractivity contribution is -0.190. The minimum atomic E-state index is -4.88. The summed E-state index contributed by atoms with van der Waals surface area (Å²) in [5, 5.41) is 1.36. The van der Waals surface area contributed by atoms with Gasteiger partial charge in [0.1, 0.15) is 0 Å². The molecule has 0 aliphatic carbocycles. The highest BCUT2D eigenvalue weighted by molar-refractivity contribution is 7.80. The Morgan fingerprint density at radius 3 is 2.35 bits per heavy atom. The van der Waals surface area contributed by atoms with Crippen LogP contribution in [-0.2, 0) is 4.79 Å². The zero-order chi connectivity index (χ0) is 13.3. The van der Waals surface area contributed by atoms with Crippen LogP contribution in [0.15, 0.2) is 24.4 Å². The first-order chi connectivity index (χ1) is 7.72. The van der Waals surface area contributed by atoms with E-state index in [-0.39, 0.29) is 5.01 Å². The number of hydrogen-bond donors (Lipinski definition) is 3. The van der Waals surface area contributed by atoms with E-state index in [0.717, 1.165) is 12.3 Å². The molecule has 1 aliphatic heterocycles. The molecular weight excluding hydrogens is 257 g/mol. The highest BCUT2D eigenvalue weighted by Crippen LogP contribution is 2.34. The summed E-state index contributed by atoms with van der Waals surface area (Å²) in [6.45, 7) is 0. The van der Waals surface area contributed by atoms with Crippen LogP contribution in [0.1, 0.15) is 0 Å². The zero-order valence-corrected chi connectivity index (χ0v) is 9.18. The second kappa shape index (κ2) is 4.34. The topological polar surface area (TPSA) is 84.4 Å². The van der Waals surface area contributed by atoms with Gasteiger partial charge in [-0.25, -0.2) is 10.9 Å². The van der Waals surface area contributed by atoms with Crippen LogP contribution in [0, 0.1) is 0 Å². The maximum absolute atomic E-state index is 12.9. The van der Waals surface area contributed by atoms with Gasteiger partial charge in [0.15, 0.2) is 5.11 Å². The third-order valence-electron chi connectivity index (χ3n) is 2.11. The first-order valence-electron chi connectivity index (χ1n) is 4.30. The summed E-state index contributed by atoms with van der Waals surface area (Å²) in [5.74, 6) is 3.59. The van der Waals surface area contributed by atoms with E-state index in [0.29, 0.717) is 6.08 Å². The predicted molar refractivity (Wildman–Crippen MR) is 58.0 cm³/mol. The fraction of sp³-hybridized carbons (Fsp3) is 0.250. The lowest BCUT2D eigenvalue weighted by Crippen LogP contribution is -2.67. The molecule has 0 radical (unpaired) electrons. The molecule has 1 aliphatic rings. The molecule has 0 saturated carbocycles. The van der Waals surface area contributed by atoms with Gasteiger partial charge in [0.2, 0.25) is 5.54 Å². The van der Waals surface area contributed by atoms with Crippen LogP contribution >= 0.6 is 12.2 Å². The second-order valence-electron chi connectivity index (χ2n) is 3.18. The van der Waals surface area contributed by atoms with Gasteiger partial charge in [0.05, 0.1) is 0 Å². The average molecular weight is 266 g/mol. The van der Waals surface area contributed by atoms with Crippen molar-refractivity contribution in [2.75, 3.05) is 0 Å². The van der Waals surface area contributed by atoms with Crippen LogP contribution < -0.4 is 16.9 Å². The Kier molecular flexibility index (Phi) is 3.43. The Balaban J connectivity index is 3.18. The number of hydrogen-bond acceptors (Lipinski definition) is 4. The predicted octanol–water partition coefficient (Wildman–Crippen LogP) is -0.0935. The van der Waals surface area contributed by atoms with Gasteiger partial charge in [-0.2, -0.15) is 13.2 Å². The fourth-order valence-corrected chi connectivity index (χ4v) is 1.29. The highest BCUT2D eigenvalue weighted by atomic mass is 32.1. The summed E-state index contributed by atoms with van der Waals surface area (Å²) in [6.07, 6.45) is -0.867. The van der Waals surface area contributed by atoms with Crippen molar-refractivity contribution in [3.63, 3.8) is 0 Å². The number of nitrogens with one attached hydrogen (secondary N) is 1. The Morgan fingerprint density at radius 1 is 1.41 bits per heavy atom. The maximum atomic E-state index is 12.9. The molecule has 17 heavy (non-hydrogen) atoms. The minimum Gasteiger partial charge on any atom is -0.375 e. The van der Waals surface area contributed by atoms with Gasteiger partial charge in [-0.05, 0) is 30.6 Å². The van der Waals surface area contributed by atoms with Crippen LogP contribution in [0.2, 0.25) is 0 Å². The summed E-state index contributed by atoms with van der Waals surface area (Å²) in [4.78, 5) is 11.7. The molecular formula is C8H9F3N4OS. The fourth-order valence-electron chi connectivity index (χ4n) is 1.20. The van der Waals surface area contributed by atoms with E-state index in [4.69, 9.17) is 11.6 Å². The number of rotatable bonds is 1. The number of alkyl halides is 3.